The molecule has 0 unspecified atom stereocenters. The molecule has 0 atom stereocenters. The lowest BCUT2D eigenvalue weighted by molar-refractivity contribution is -0.133. The highest BCUT2D eigenvalue weighted by molar-refractivity contribution is 5.94. The summed E-state index contributed by atoms with van der Waals surface area (Å²) in [7, 11) is 0. The zero-order valence-corrected chi connectivity index (χ0v) is 11.7. The Morgan fingerprint density at radius 3 is 2.76 bits per heavy atom. The zero-order chi connectivity index (χ0) is 15.1. The molecule has 108 valence electrons. The van der Waals surface area contributed by atoms with E-state index < -0.39 is 11.9 Å². The summed E-state index contributed by atoms with van der Waals surface area (Å²) in [6, 6.07) is 12.3. The number of hydrogen-bond acceptors (Lipinski definition) is 4. The van der Waals surface area contributed by atoms with Crippen molar-refractivity contribution in [2.24, 2.45) is 0 Å². The summed E-state index contributed by atoms with van der Waals surface area (Å²) < 4.78 is 5.17. The molecular formula is C16H16N2O3. The minimum atomic E-state index is -0.521. The number of nitrogens with one attached hydrogen (secondary N) is 1. The van der Waals surface area contributed by atoms with Gasteiger partial charge in [-0.3, -0.25) is 9.78 Å². The number of ether oxygens (including phenoxy) is 1. The monoisotopic (exact) mass is 284 g/mol. The fraction of sp³-hybridized carbons (Fsp3) is 0.188. The highest BCUT2D eigenvalue weighted by Crippen LogP contribution is 2.13. The van der Waals surface area contributed by atoms with Crippen molar-refractivity contribution >= 4 is 11.9 Å². The predicted octanol–water partition coefficient (Wildman–Crippen LogP) is 1.98. The van der Waals surface area contributed by atoms with Crippen molar-refractivity contribution < 1.29 is 14.3 Å². The second-order valence-electron chi connectivity index (χ2n) is 4.37. The van der Waals surface area contributed by atoms with Crippen LogP contribution >= 0.6 is 0 Å². The van der Waals surface area contributed by atoms with Crippen LogP contribution in [-0.4, -0.2) is 23.4 Å². The van der Waals surface area contributed by atoms with Crippen LogP contribution in [0.3, 0.4) is 0 Å². The van der Waals surface area contributed by atoms with E-state index in [1.54, 1.807) is 30.3 Å². The van der Waals surface area contributed by atoms with E-state index in [9.17, 15) is 9.59 Å². The van der Waals surface area contributed by atoms with Crippen LogP contribution in [0.1, 0.15) is 23.0 Å². The van der Waals surface area contributed by atoms with Gasteiger partial charge >= 0.3 is 5.97 Å². The van der Waals surface area contributed by atoms with E-state index in [1.165, 1.54) is 6.20 Å². The molecule has 5 nitrogen and oxygen atoms in total. The number of carbonyl (C=O) groups is 2. The maximum absolute atomic E-state index is 11.7. The van der Waals surface area contributed by atoms with Gasteiger partial charge in [-0.1, -0.05) is 25.1 Å². The van der Waals surface area contributed by atoms with Crippen molar-refractivity contribution in [2.45, 2.75) is 13.3 Å². The molecule has 0 aliphatic heterocycles. The first-order chi connectivity index (χ1) is 10.2. The molecule has 0 spiro atoms. The fourth-order valence-corrected chi connectivity index (χ4v) is 1.74. The third kappa shape index (κ3) is 4.42. The summed E-state index contributed by atoms with van der Waals surface area (Å²) in [5.74, 6) is -0.450. The normalized spacial score (nSPS) is 9.95. The molecule has 0 saturated carbocycles. The maximum Gasteiger partial charge on any atom is 0.330 e. The number of esters is 1. The molecule has 21 heavy (non-hydrogen) atoms. The van der Waals surface area contributed by atoms with Gasteiger partial charge in [-0.15, -0.1) is 0 Å². The number of aromatic nitrogens is 1. The molecule has 1 amide bonds. The van der Waals surface area contributed by atoms with E-state index in [0.29, 0.717) is 5.75 Å². The number of aryl methyl sites for hydroxylation is 1. The van der Waals surface area contributed by atoms with Gasteiger partial charge in [-0.25, -0.2) is 4.79 Å². The Hall–Kier alpha value is -2.69. The Balaban J connectivity index is 1.86. The lowest BCUT2D eigenvalue weighted by Gasteiger charge is -2.07. The number of rotatable bonds is 5. The van der Waals surface area contributed by atoms with Crippen LogP contribution < -0.4 is 10.1 Å². The number of pyridine rings is 1. The second kappa shape index (κ2) is 7.19. The van der Waals surface area contributed by atoms with Gasteiger partial charge in [0.15, 0.2) is 0 Å². The first-order valence-electron chi connectivity index (χ1n) is 6.68. The number of hydrogen-bond donors (Lipinski definition) is 1. The topological polar surface area (TPSA) is 68.3 Å². The van der Waals surface area contributed by atoms with E-state index in [0.717, 1.165) is 12.0 Å². The molecule has 1 heterocycles. The van der Waals surface area contributed by atoms with Gasteiger partial charge in [0.05, 0.1) is 0 Å². The van der Waals surface area contributed by atoms with Crippen molar-refractivity contribution in [3.05, 3.63) is 59.9 Å². The van der Waals surface area contributed by atoms with Gasteiger partial charge < -0.3 is 10.1 Å². The van der Waals surface area contributed by atoms with Gasteiger partial charge in [0.25, 0.3) is 5.91 Å². The Morgan fingerprint density at radius 1 is 1.19 bits per heavy atom. The maximum atomic E-state index is 11.7. The molecule has 0 aliphatic rings. The van der Waals surface area contributed by atoms with Crippen LogP contribution in [0.25, 0.3) is 0 Å². The molecule has 0 saturated heterocycles. The van der Waals surface area contributed by atoms with Gasteiger partial charge in [-0.05, 0) is 36.2 Å². The van der Waals surface area contributed by atoms with Crippen LogP contribution in [0.4, 0.5) is 0 Å². The Kier molecular flexibility index (Phi) is 5.04. The molecule has 1 aromatic carbocycles. The molecule has 2 rings (SSSR count). The zero-order valence-electron chi connectivity index (χ0n) is 11.7. The Bertz CT molecular complexity index is 626. The first-order valence-corrected chi connectivity index (χ1v) is 6.68. The van der Waals surface area contributed by atoms with Crippen LogP contribution in [0.15, 0.2) is 48.7 Å². The Labute approximate surface area is 123 Å². The molecule has 0 fully saturated rings. The van der Waals surface area contributed by atoms with Crippen LogP contribution in [0.5, 0.6) is 5.75 Å². The smallest absolute Gasteiger partial charge is 0.330 e. The molecule has 0 radical (unpaired) electrons. The summed E-state index contributed by atoms with van der Waals surface area (Å²) in [4.78, 5) is 27.3. The predicted molar refractivity (Wildman–Crippen MR) is 78.0 cm³/mol. The summed E-state index contributed by atoms with van der Waals surface area (Å²) in [6.45, 7) is 1.82. The molecule has 2 aromatic rings. The fourth-order valence-electron chi connectivity index (χ4n) is 1.74. The second-order valence-corrected chi connectivity index (χ2v) is 4.37. The van der Waals surface area contributed by atoms with Crippen molar-refractivity contribution in [1.29, 1.82) is 0 Å². The Morgan fingerprint density at radius 2 is 2.05 bits per heavy atom. The van der Waals surface area contributed by atoms with Gasteiger partial charge in [0, 0.05) is 6.20 Å². The third-order valence-electron chi connectivity index (χ3n) is 2.83. The van der Waals surface area contributed by atoms with Crippen LogP contribution in [0, 0.1) is 0 Å². The van der Waals surface area contributed by atoms with Gasteiger partial charge in [0.1, 0.15) is 18.0 Å². The van der Waals surface area contributed by atoms with E-state index in [2.05, 4.69) is 10.3 Å². The summed E-state index contributed by atoms with van der Waals surface area (Å²) in [6.07, 6.45) is 2.38. The number of benzene rings is 1. The van der Waals surface area contributed by atoms with Crippen molar-refractivity contribution in [3.63, 3.8) is 0 Å². The first kappa shape index (κ1) is 14.7. The third-order valence-corrected chi connectivity index (χ3v) is 2.83. The van der Waals surface area contributed by atoms with E-state index in [-0.39, 0.29) is 12.2 Å². The van der Waals surface area contributed by atoms with E-state index in [1.807, 2.05) is 19.1 Å². The minimum Gasteiger partial charge on any atom is -0.425 e. The molecular weight excluding hydrogens is 268 g/mol. The van der Waals surface area contributed by atoms with E-state index >= 15 is 0 Å². The average molecular weight is 284 g/mol. The quantitative estimate of drug-likeness (QED) is 0.673. The van der Waals surface area contributed by atoms with Crippen molar-refractivity contribution in [3.8, 4) is 5.75 Å². The molecule has 1 aromatic heterocycles. The molecule has 5 heteroatoms. The minimum absolute atomic E-state index is 0.203. The lowest BCUT2D eigenvalue weighted by atomic mass is 10.2. The summed E-state index contributed by atoms with van der Waals surface area (Å²) >= 11 is 0. The largest absolute Gasteiger partial charge is 0.425 e. The number of nitrogens with zero attached hydrogens (tertiary/aromatic N) is 1. The molecule has 0 aliphatic carbocycles. The SMILES string of the molecule is CCc1cccc(OC(=O)CNC(=O)c2ccccn2)c1. The molecule has 0 bridgehead atoms. The average Bonchev–Trinajstić information content (AvgIpc) is 2.53. The highest BCUT2D eigenvalue weighted by Gasteiger charge is 2.10. The van der Waals surface area contributed by atoms with Crippen LogP contribution in [0.2, 0.25) is 0 Å². The summed E-state index contributed by atoms with van der Waals surface area (Å²) in [5, 5.41) is 2.47. The van der Waals surface area contributed by atoms with Crippen molar-refractivity contribution in [2.75, 3.05) is 6.54 Å². The highest BCUT2D eigenvalue weighted by atomic mass is 16.5. The standard InChI is InChI=1S/C16H16N2O3/c1-2-12-6-5-7-13(10-12)21-15(19)11-18-16(20)14-8-3-4-9-17-14/h3-10H,2,11H2,1H3,(H,18,20). The van der Waals surface area contributed by atoms with Gasteiger partial charge in [0.2, 0.25) is 0 Å². The number of carbonyl (C=O) groups excluding carboxylic acids is 2. The van der Waals surface area contributed by atoms with Crippen molar-refractivity contribution in [1.82, 2.24) is 10.3 Å². The van der Waals surface area contributed by atoms with E-state index in [4.69, 9.17) is 4.74 Å². The summed E-state index contributed by atoms with van der Waals surface area (Å²) in [5.41, 5.74) is 1.34. The molecule has 1 N–H and O–H groups in total. The van der Waals surface area contributed by atoms with Crippen LogP contribution in [-0.2, 0) is 11.2 Å². The lowest BCUT2D eigenvalue weighted by Crippen LogP contribution is -2.32. The van der Waals surface area contributed by atoms with Gasteiger partial charge in [-0.2, -0.15) is 0 Å². The number of amides is 1.